The number of furan rings is 1. The van der Waals surface area contributed by atoms with Crippen LogP contribution in [0.2, 0.25) is 0 Å². The van der Waals surface area contributed by atoms with Crippen molar-refractivity contribution in [1.29, 1.82) is 0 Å². The molecule has 0 aliphatic carbocycles. The fraction of sp³-hybridized carbons (Fsp3) is 0.333. The van der Waals surface area contributed by atoms with Crippen molar-refractivity contribution in [3.05, 3.63) is 59.6 Å². The maximum Gasteiger partial charge on any atom is 0.307 e. The molecular formula is C21H25N3O2. The largest absolute Gasteiger partial charge is 0.459 e. The summed E-state index contributed by atoms with van der Waals surface area (Å²) in [6, 6.07) is 9.91. The highest BCUT2D eigenvalue weighted by Gasteiger charge is 2.32. The first-order valence-electron chi connectivity index (χ1n) is 8.80. The highest BCUT2D eigenvalue weighted by molar-refractivity contribution is 5.93. The van der Waals surface area contributed by atoms with E-state index < -0.39 is 0 Å². The zero-order valence-electron chi connectivity index (χ0n) is 15.9. The summed E-state index contributed by atoms with van der Waals surface area (Å²) >= 11 is 0. The minimum Gasteiger partial charge on any atom is -0.459 e. The van der Waals surface area contributed by atoms with Crippen LogP contribution in [0, 0.1) is 0 Å². The molecule has 1 N–H and O–H groups in total. The number of nitrogens with one attached hydrogen (secondary N) is 1. The number of carbonyl (C=O) groups excluding carboxylic acids is 1. The van der Waals surface area contributed by atoms with Gasteiger partial charge >= 0.3 is 5.91 Å². The Balaban J connectivity index is 1.83. The van der Waals surface area contributed by atoms with Crippen LogP contribution in [-0.4, -0.2) is 23.7 Å². The van der Waals surface area contributed by atoms with Crippen molar-refractivity contribution in [3.8, 4) is 0 Å². The SMILES string of the molecule is CC1=CC(C)(C)N(C(C)C)c2ccc(/C=N/NC(=O)c3ccco3)cc21. The number of hydrogen-bond donors (Lipinski definition) is 1. The van der Waals surface area contributed by atoms with Gasteiger partial charge in [-0.25, -0.2) is 5.43 Å². The van der Waals surface area contributed by atoms with Crippen LogP contribution >= 0.6 is 0 Å². The Morgan fingerprint density at radius 2 is 2.08 bits per heavy atom. The van der Waals surface area contributed by atoms with E-state index in [0.717, 1.165) is 5.56 Å². The van der Waals surface area contributed by atoms with Crippen LogP contribution in [0.25, 0.3) is 5.57 Å². The molecule has 0 spiro atoms. The van der Waals surface area contributed by atoms with Gasteiger partial charge < -0.3 is 9.32 Å². The average molecular weight is 351 g/mol. The molecule has 0 atom stereocenters. The summed E-state index contributed by atoms with van der Waals surface area (Å²) in [5.74, 6) is -0.130. The first-order chi connectivity index (χ1) is 12.3. The average Bonchev–Trinajstić information content (AvgIpc) is 3.08. The molecule has 5 nitrogen and oxygen atoms in total. The van der Waals surface area contributed by atoms with Crippen LogP contribution in [0.3, 0.4) is 0 Å². The monoisotopic (exact) mass is 351 g/mol. The van der Waals surface area contributed by atoms with Crippen molar-refractivity contribution in [2.45, 2.75) is 46.2 Å². The van der Waals surface area contributed by atoms with Crippen LogP contribution in [0.4, 0.5) is 5.69 Å². The standard InChI is InChI=1S/C21H25N3O2/c1-14(2)24-18-9-8-16(11-17(18)15(3)12-21(24,4)5)13-22-23-20(25)19-7-6-10-26-19/h6-14H,1-5H3,(H,23,25)/b22-13+. The van der Waals surface area contributed by atoms with Crippen molar-refractivity contribution < 1.29 is 9.21 Å². The van der Waals surface area contributed by atoms with Crippen molar-refractivity contribution in [1.82, 2.24) is 5.43 Å². The second-order valence-corrected chi connectivity index (χ2v) is 7.40. The number of nitrogens with zero attached hydrogens (tertiary/aromatic N) is 2. The van der Waals surface area contributed by atoms with E-state index in [2.05, 4.69) is 68.3 Å². The predicted molar refractivity (Wildman–Crippen MR) is 106 cm³/mol. The molecule has 0 radical (unpaired) electrons. The molecule has 26 heavy (non-hydrogen) atoms. The van der Waals surface area contributed by atoms with Crippen molar-refractivity contribution in [2.75, 3.05) is 4.90 Å². The van der Waals surface area contributed by atoms with Gasteiger partial charge in [0.15, 0.2) is 5.76 Å². The van der Waals surface area contributed by atoms with Gasteiger partial charge in [-0.15, -0.1) is 0 Å². The van der Waals surface area contributed by atoms with Crippen LogP contribution in [-0.2, 0) is 0 Å². The summed E-state index contributed by atoms with van der Waals surface area (Å²) < 4.78 is 5.04. The van der Waals surface area contributed by atoms with E-state index in [-0.39, 0.29) is 17.2 Å². The Bertz CT molecular complexity index is 861. The lowest BCUT2D eigenvalue weighted by molar-refractivity contribution is 0.0927. The number of rotatable bonds is 4. The highest BCUT2D eigenvalue weighted by atomic mass is 16.3. The lowest BCUT2D eigenvalue weighted by atomic mass is 9.87. The van der Waals surface area contributed by atoms with Crippen molar-refractivity contribution in [3.63, 3.8) is 0 Å². The van der Waals surface area contributed by atoms with Gasteiger partial charge in [-0.1, -0.05) is 12.1 Å². The number of allylic oxidation sites excluding steroid dienone is 1. The topological polar surface area (TPSA) is 57.8 Å². The highest BCUT2D eigenvalue weighted by Crippen LogP contribution is 2.40. The van der Waals surface area contributed by atoms with E-state index in [1.165, 1.54) is 23.1 Å². The first-order valence-corrected chi connectivity index (χ1v) is 8.80. The summed E-state index contributed by atoms with van der Waals surface area (Å²) in [6.07, 6.45) is 5.40. The Labute approximate surface area is 154 Å². The molecule has 1 aliphatic rings. The normalized spacial score (nSPS) is 15.9. The molecule has 0 fully saturated rings. The molecule has 136 valence electrons. The molecule has 1 amide bonds. The lowest BCUT2D eigenvalue weighted by Crippen LogP contribution is -2.49. The molecule has 0 saturated heterocycles. The van der Waals surface area contributed by atoms with Gasteiger partial charge in [-0.3, -0.25) is 4.79 Å². The Kier molecular flexibility index (Phi) is 4.72. The molecule has 0 saturated carbocycles. The van der Waals surface area contributed by atoms with E-state index in [0.29, 0.717) is 6.04 Å². The maximum absolute atomic E-state index is 11.8. The summed E-state index contributed by atoms with van der Waals surface area (Å²) in [5, 5.41) is 4.04. The van der Waals surface area contributed by atoms with E-state index in [1.54, 1.807) is 18.3 Å². The summed E-state index contributed by atoms with van der Waals surface area (Å²) in [7, 11) is 0. The Hall–Kier alpha value is -2.82. The minimum absolute atomic E-state index is 0.0299. The molecule has 1 aromatic heterocycles. The van der Waals surface area contributed by atoms with Gasteiger partial charge in [0.2, 0.25) is 0 Å². The van der Waals surface area contributed by atoms with Gasteiger partial charge in [0.1, 0.15) is 0 Å². The molecule has 0 unspecified atom stereocenters. The molecule has 1 aromatic carbocycles. The fourth-order valence-electron chi connectivity index (χ4n) is 3.72. The summed E-state index contributed by atoms with van der Waals surface area (Å²) in [5.41, 5.74) is 7.04. The number of anilines is 1. The fourth-order valence-corrected chi connectivity index (χ4v) is 3.72. The molecule has 1 aliphatic heterocycles. The molecular weight excluding hydrogens is 326 g/mol. The second-order valence-electron chi connectivity index (χ2n) is 7.40. The van der Waals surface area contributed by atoms with Crippen molar-refractivity contribution in [2.24, 2.45) is 5.10 Å². The molecule has 3 rings (SSSR count). The smallest absolute Gasteiger partial charge is 0.307 e. The number of hydrazone groups is 1. The van der Waals surface area contributed by atoms with Gasteiger partial charge in [-0.2, -0.15) is 5.10 Å². The van der Waals surface area contributed by atoms with Crippen LogP contribution in [0.1, 0.15) is 56.3 Å². The number of hydrogen-bond acceptors (Lipinski definition) is 4. The van der Waals surface area contributed by atoms with Gasteiger partial charge in [-0.05, 0) is 70.0 Å². The quantitative estimate of drug-likeness (QED) is 0.654. The molecule has 0 bridgehead atoms. The number of benzene rings is 1. The number of carbonyl (C=O) groups is 1. The van der Waals surface area contributed by atoms with E-state index in [1.807, 2.05) is 6.07 Å². The minimum atomic E-state index is -0.368. The summed E-state index contributed by atoms with van der Waals surface area (Å²) in [6.45, 7) is 11.0. The molecule has 2 aromatic rings. The van der Waals surface area contributed by atoms with Crippen LogP contribution < -0.4 is 10.3 Å². The zero-order valence-corrected chi connectivity index (χ0v) is 15.9. The summed E-state index contributed by atoms with van der Waals surface area (Å²) in [4.78, 5) is 14.3. The number of amides is 1. The van der Waals surface area contributed by atoms with Crippen LogP contribution in [0.15, 0.2) is 52.2 Å². The lowest BCUT2D eigenvalue weighted by Gasteiger charge is -2.46. The van der Waals surface area contributed by atoms with E-state index >= 15 is 0 Å². The van der Waals surface area contributed by atoms with E-state index in [4.69, 9.17) is 4.42 Å². The van der Waals surface area contributed by atoms with Crippen molar-refractivity contribution >= 4 is 23.4 Å². The zero-order chi connectivity index (χ0) is 18.9. The first kappa shape index (κ1) is 18.0. The molecule has 2 heterocycles. The third kappa shape index (κ3) is 3.43. The third-order valence-electron chi connectivity index (χ3n) is 4.54. The maximum atomic E-state index is 11.8. The third-order valence-corrected chi connectivity index (χ3v) is 4.54. The number of fused-ring (bicyclic) bond motifs is 1. The van der Waals surface area contributed by atoms with Gasteiger partial charge in [0.05, 0.1) is 18.0 Å². The van der Waals surface area contributed by atoms with Crippen LogP contribution in [0.5, 0.6) is 0 Å². The molecule has 5 heteroatoms. The predicted octanol–water partition coefficient (Wildman–Crippen LogP) is 4.45. The Morgan fingerprint density at radius 1 is 1.31 bits per heavy atom. The van der Waals surface area contributed by atoms with Gasteiger partial charge in [0, 0.05) is 17.3 Å². The Morgan fingerprint density at radius 3 is 2.73 bits per heavy atom. The second kappa shape index (κ2) is 6.83. The van der Waals surface area contributed by atoms with E-state index in [9.17, 15) is 4.79 Å². The van der Waals surface area contributed by atoms with Gasteiger partial charge in [0.25, 0.3) is 0 Å².